The predicted molar refractivity (Wildman–Crippen MR) is 96.6 cm³/mol. The number of morpholine rings is 1. The summed E-state index contributed by atoms with van der Waals surface area (Å²) in [7, 11) is 1.25. The summed E-state index contributed by atoms with van der Waals surface area (Å²) in [5, 5.41) is 5.77. The highest BCUT2D eigenvalue weighted by Crippen LogP contribution is 2.23. The third-order valence-electron chi connectivity index (χ3n) is 5.19. The number of piperidine rings is 1. The SMILES string of the molecule is COc1ccc(CNC(=O)[C@H]2CNC[C@@H](C(=O)N3CCOCC3)C2)c(F)c1F. The fraction of sp³-hybridized carbons (Fsp3) is 0.579. The van der Waals surface area contributed by atoms with E-state index in [0.717, 1.165) is 0 Å². The zero-order valence-electron chi connectivity index (χ0n) is 15.8. The van der Waals surface area contributed by atoms with Gasteiger partial charge in [0.2, 0.25) is 17.6 Å². The number of rotatable bonds is 5. The van der Waals surface area contributed by atoms with Gasteiger partial charge in [0.05, 0.1) is 32.2 Å². The van der Waals surface area contributed by atoms with Crippen LogP contribution in [0.3, 0.4) is 0 Å². The topological polar surface area (TPSA) is 79.9 Å². The number of ether oxygens (including phenoxy) is 2. The molecule has 1 aromatic carbocycles. The van der Waals surface area contributed by atoms with Crippen molar-refractivity contribution in [2.75, 3.05) is 46.5 Å². The lowest BCUT2D eigenvalue weighted by Gasteiger charge is -2.34. The molecule has 154 valence electrons. The highest BCUT2D eigenvalue weighted by molar-refractivity contribution is 5.83. The monoisotopic (exact) mass is 397 g/mol. The quantitative estimate of drug-likeness (QED) is 0.764. The van der Waals surface area contributed by atoms with Crippen molar-refractivity contribution in [1.29, 1.82) is 0 Å². The lowest BCUT2D eigenvalue weighted by atomic mass is 9.88. The first-order valence-electron chi connectivity index (χ1n) is 9.37. The Kier molecular flexibility index (Phi) is 6.79. The van der Waals surface area contributed by atoms with E-state index in [2.05, 4.69) is 10.6 Å². The minimum Gasteiger partial charge on any atom is -0.494 e. The van der Waals surface area contributed by atoms with Gasteiger partial charge in [0, 0.05) is 38.3 Å². The number of methoxy groups -OCH3 is 1. The van der Waals surface area contributed by atoms with Crippen LogP contribution in [0.4, 0.5) is 8.78 Å². The number of amides is 2. The summed E-state index contributed by atoms with van der Waals surface area (Å²) in [5.41, 5.74) is 0.0383. The Morgan fingerprint density at radius 3 is 2.64 bits per heavy atom. The van der Waals surface area contributed by atoms with Crippen LogP contribution in [0.25, 0.3) is 0 Å². The van der Waals surface area contributed by atoms with E-state index in [-0.39, 0.29) is 35.6 Å². The molecule has 0 spiro atoms. The van der Waals surface area contributed by atoms with Crippen molar-refractivity contribution < 1.29 is 27.8 Å². The number of hydrogen-bond donors (Lipinski definition) is 2. The lowest BCUT2D eigenvalue weighted by molar-refractivity contribution is -0.141. The third-order valence-corrected chi connectivity index (χ3v) is 5.19. The van der Waals surface area contributed by atoms with Gasteiger partial charge < -0.3 is 25.0 Å². The van der Waals surface area contributed by atoms with E-state index in [4.69, 9.17) is 9.47 Å². The first-order chi connectivity index (χ1) is 13.5. The van der Waals surface area contributed by atoms with Gasteiger partial charge in [-0.3, -0.25) is 9.59 Å². The molecular formula is C19H25F2N3O4. The van der Waals surface area contributed by atoms with E-state index >= 15 is 0 Å². The van der Waals surface area contributed by atoms with Gasteiger partial charge in [-0.15, -0.1) is 0 Å². The first-order valence-corrected chi connectivity index (χ1v) is 9.37. The van der Waals surface area contributed by atoms with E-state index in [9.17, 15) is 18.4 Å². The fourth-order valence-electron chi connectivity index (χ4n) is 3.56. The van der Waals surface area contributed by atoms with Crippen LogP contribution in [-0.2, 0) is 20.9 Å². The van der Waals surface area contributed by atoms with Crippen LogP contribution >= 0.6 is 0 Å². The van der Waals surface area contributed by atoms with Crippen LogP contribution < -0.4 is 15.4 Å². The Hall–Kier alpha value is -2.26. The smallest absolute Gasteiger partial charge is 0.227 e. The number of halogens is 2. The lowest BCUT2D eigenvalue weighted by Crippen LogP contribution is -2.51. The molecule has 2 N–H and O–H groups in total. The molecule has 0 aromatic heterocycles. The molecule has 2 aliphatic rings. The molecule has 2 aliphatic heterocycles. The van der Waals surface area contributed by atoms with Gasteiger partial charge in [0.25, 0.3) is 0 Å². The maximum Gasteiger partial charge on any atom is 0.227 e. The molecule has 7 nitrogen and oxygen atoms in total. The van der Waals surface area contributed by atoms with Crippen molar-refractivity contribution in [1.82, 2.24) is 15.5 Å². The number of nitrogens with one attached hydrogen (secondary N) is 2. The van der Waals surface area contributed by atoms with Crippen LogP contribution in [0.15, 0.2) is 12.1 Å². The summed E-state index contributed by atoms with van der Waals surface area (Å²) >= 11 is 0. The molecule has 2 amide bonds. The second-order valence-corrected chi connectivity index (χ2v) is 7.00. The van der Waals surface area contributed by atoms with Gasteiger partial charge >= 0.3 is 0 Å². The number of carbonyl (C=O) groups excluding carboxylic acids is 2. The Morgan fingerprint density at radius 2 is 1.93 bits per heavy atom. The van der Waals surface area contributed by atoms with E-state index in [0.29, 0.717) is 45.8 Å². The van der Waals surface area contributed by atoms with Crippen LogP contribution in [0.5, 0.6) is 5.75 Å². The highest BCUT2D eigenvalue weighted by Gasteiger charge is 2.33. The Balaban J connectivity index is 1.55. The van der Waals surface area contributed by atoms with Gasteiger partial charge in [-0.25, -0.2) is 4.39 Å². The number of hydrogen-bond acceptors (Lipinski definition) is 5. The van der Waals surface area contributed by atoms with Crippen LogP contribution in [0, 0.1) is 23.5 Å². The van der Waals surface area contributed by atoms with Gasteiger partial charge in [-0.05, 0) is 12.5 Å². The van der Waals surface area contributed by atoms with Crippen LogP contribution in [0.1, 0.15) is 12.0 Å². The maximum atomic E-state index is 14.0. The van der Waals surface area contributed by atoms with Gasteiger partial charge in [0.1, 0.15) is 0 Å². The zero-order valence-corrected chi connectivity index (χ0v) is 15.8. The number of carbonyl (C=O) groups is 2. The summed E-state index contributed by atoms with van der Waals surface area (Å²) in [6, 6.07) is 2.69. The van der Waals surface area contributed by atoms with E-state index in [1.807, 2.05) is 0 Å². The summed E-state index contributed by atoms with van der Waals surface area (Å²) in [6.07, 6.45) is 0.425. The third kappa shape index (κ3) is 4.59. The normalized spacial score (nSPS) is 22.6. The second-order valence-electron chi connectivity index (χ2n) is 7.00. The van der Waals surface area contributed by atoms with Gasteiger partial charge in [-0.2, -0.15) is 4.39 Å². The summed E-state index contributed by atoms with van der Waals surface area (Å²) in [6.45, 7) is 3.02. The summed E-state index contributed by atoms with van der Waals surface area (Å²) in [5.74, 6) is -3.26. The van der Waals surface area contributed by atoms with E-state index < -0.39 is 17.6 Å². The Bertz CT molecular complexity index is 725. The molecule has 0 unspecified atom stereocenters. The van der Waals surface area contributed by atoms with Crippen molar-refractivity contribution in [3.63, 3.8) is 0 Å². The van der Waals surface area contributed by atoms with Gasteiger partial charge in [0.15, 0.2) is 11.6 Å². The Morgan fingerprint density at radius 1 is 1.21 bits per heavy atom. The molecule has 0 saturated carbocycles. The standard InChI is InChI=1S/C19H25F2N3O4/c1-27-15-3-2-12(16(20)17(15)21)11-23-18(25)13-8-14(10-22-9-13)19(26)24-4-6-28-7-5-24/h2-3,13-14,22H,4-11H2,1H3,(H,23,25)/t13-,14+/m1/s1. The maximum absolute atomic E-state index is 14.0. The zero-order chi connectivity index (χ0) is 20.1. The number of benzene rings is 1. The first kappa shape index (κ1) is 20.5. The summed E-state index contributed by atoms with van der Waals surface area (Å²) in [4.78, 5) is 26.9. The average molecular weight is 397 g/mol. The molecule has 2 atom stereocenters. The van der Waals surface area contributed by atoms with E-state index in [1.165, 1.54) is 19.2 Å². The van der Waals surface area contributed by atoms with Crippen molar-refractivity contribution in [3.8, 4) is 5.75 Å². The van der Waals surface area contributed by atoms with Crippen molar-refractivity contribution >= 4 is 11.8 Å². The largest absolute Gasteiger partial charge is 0.494 e. The number of nitrogens with zero attached hydrogens (tertiary/aromatic N) is 1. The summed E-state index contributed by atoms with van der Waals surface area (Å²) < 4.78 is 37.8. The molecule has 28 heavy (non-hydrogen) atoms. The van der Waals surface area contributed by atoms with Crippen LogP contribution in [0.2, 0.25) is 0 Å². The molecule has 3 rings (SSSR count). The molecule has 0 radical (unpaired) electrons. The molecule has 9 heteroatoms. The minimum atomic E-state index is -1.08. The van der Waals surface area contributed by atoms with Crippen LogP contribution in [-0.4, -0.2) is 63.2 Å². The molecule has 2 heterocycles. The van der Waals surface area contributed by atoms with Crippen molar-refractivity contribution in [2.24, 2.45) is 11.8 Å². The Labute approximate surface area is 162 Å². The molecular weight excluding hydrogens is 372 g/mol. The molecule has 0 bridgehead atoms. The molecule has 1 aromatic rings. The van der Waals surface area contributed by atoms with Crippen molar-refractivity contribution in [3.05, 3.63) is 29.3 Å². The minimum absolute atomic E-state index is 0.0246. The molecule has 2 fully saturated rings. The molecule has 2 saturated heterocycles. The average Bonchev–Trinajstić information content (AvgIpc) is 2.74. The fourth-order valence-corrected chi connectivity index (χ4v) is 3.56. The van der Waals surface area contributed by atoms with E-state index in [1.54, 1.807) is 4.90 Å². The molecule has 0 aliphatic carbocycles. The van der Waals surface area contributed by atoms with Gasteiger partial charge in [-0.1, -0.05) is 6.07 Å². The highest BCUT2D eigenvalue weighted by atomic mass is 19.2. The second kappa shape index (κ2) is 9.29. The van der Waals surface area contributed by atoms with Crippen molar-refractivity contribution in [2.45, 2.75) is 13.0 Å². The predicted octanol–water partition coefficient (Wildman–Crippen LogP) is 0.674.